The molecule has 152 valence electrons. The topological polar surface area (TPSA) is 80.8 Å². The third-order valence-electron chi connectivity index (χ3n) is 4.07. The van der Waals surface area contributed by atoms with E-state index in [-0.39, 0.29) is 11.8 Å². The maximum absolute atomic E-state index is 13.2. The second-order valence-electron chi connectivity index (χ2n) is 6.15. The summed E-state index contributed by atoms with van der Waals surface area (Å²) in [5.74, 6) is 0.542. The van der Waals surface area contributed by atoms with Gasteiger partial charge in [0.2, 0.25) is 0 Å². The Hall–Kier alpha value is -2.61. The second kappa shape index (κ2) is 10.7. The van der Waals surface area contributed by atoms with E-state index in [2.05, 4.69) is 10.3 Å². The van der Waals surface area contributed by atoms with Crippen molar-refractivity contribution in [2.45, 2.75) is 33.2 Å². The lowest BCUT2D eigenvalue weighted by molar-refractivity contribution is 0.0736. The minimum atomic E-state index is -0.191. The summed E-state index contributed by atoms with van der Waals surface area (Å²) in [5.41, 5.74) is 0.769. The molecule has 7 nitrogen and oxygen atoms in total. The quantitative estimate of drug-likeness (QED) is 0.656. The summed E-state index contributed by atoms with van der Waals surface area (Å²) in [6, 6.07) is 5.25. The molecule has 0 saturated heterocycles. The summed E-state index contributed by atoms with van der Waals surface area (Å²) in [5, 5.41) is 5.24. The van der Waals surface area contributed by atoms with Crippen LogP contribution in [0.25, 0.3) is 0 Å². The van der Waals surface area contributed by atoms with Gasteiger partial charge in [-0.2, -0.15) is 0 Å². The molecule has 0 atom stereocenters. The van der Waals surface area contributed by atoms with Crippen LogP contribution in [0.2, 0.25) is 0 Å². The molecule has 0 bridgehead atoms. The zero-order chi connectivity index (χ0) is 20.5. The van der Waals surface area contributed by atoms with Crippen molar-refractivity contribution in [2.75, 3.05) is 27.3 Å². The van der Waals surface area contributed by atoms with Gasteiger partial charge < -0.3 is 19.7 Å². The molecular weight excluding hydrogens is 378 g/mol. The summed E-state index contributed by atoms with van der Waals surface area (Å²) >= 11 is 1.37. The number of carbonyl (C=O) groups is 2. The Balaban J connectivity index is 2.24. The molecule has 1 aromatic carbocycles. The largest absolute Gasteiger partial charge is 0.496 e. The Labute approximate surface area is 169 Å². The van der Waals surface area contributed by atoms with E-state index in [0.717, 1.165) is 12.8 Å². The van der Waals surface area contributed by atoms with Crippen LogP contribution in [0, 0.1) is 0 Å². The molecule has 0 saturated carbocycles. The molecule has 0 radical (unpaired) electrons. The number of rotatable bonds is 10. The monoisotopic (exact) mass is 405 g/mol. The fourth-order valence-corrected chi connectivity index (χ4v) is 3.51. The molecule has 1 heterocycles. The number of ether oxygens (including phenoxy) is 2. The van der Waals surface area contributed by atoms with Crippen molar-refractivity contribution in [3.8, 4) is 11.5 Å². The number of thiazole rings is 1. The van der Waals surface area contributed by atoms with Gasteiger partial charge >= 0.3 is 0 Å². The van der Waals surface area contributed by atoms with Crippen LogP contribution in [0.15, 0.2) is 23.6 Å². The molecular formula is C20H27N3O4S. The third-order valence-corrected chi connectivity index (χ3v) is 4.90. The maximum Gasteiger partial charge on any atom is 0.270 e. The van der Waals surface area contributed by atoms with Gasteiger partial charge in [0.05, 0.1) is 20.8 Å². The highest BCUT2D eigenvalue weighted by molar-refractivity contribution is 7.09. The minimum absolute atomic E-state index is 0.191. The molecule has 2 rings (SSSR count). The van der Waals surface area contributed by atoms with Gasteiger partial charge in [-0.15, -0.1) is 11.3 Å². The molecule has 28 heavy (non-hydrogen) atoms. The predicted molar refractivity (Wildman–Crippen MR) is 109 cm³/mol. The molecule has 0 aliphatic rings. The molecule has 8 heteroatoms. The molecule has 1 aromatic heterocycles. The number of aromatic nitrogens is 1. The first-order valence-corrected chi connectivity index (χ1v) is 10.2. The van der Waals surface area contributed by atoms with Crippen LogP contribution in [0.5, 0.6) is 11.5 Å². The van der Waals surface area contributed by atoms with Crippen molar-refractivity contribution in [1.29, 1.82) is 0 Å². The molecule has 2 aromatic rings. The van der Waals surface area contributed by atoms with E-state index < -0.39 is 0 Å². The first-order valence-electron chi connectivity index (χ1n) is 9.28. The SMILES string of the molecule is CCCNC(=O)c1csc(CN(CCC)C(=O)c2c(OC)cccc2OC)n1. The van der Waals surface area contributed by atoms with E-state index >= 15 is 0 Å². The molecule has 0 spiro atoms. The van der Waals surface area contributed by atoms with Gasteiger partial charge in [0.15, 0.2) is 0 Å². The number of hydrogen-bond acceptors (Lipinski definition) is 6. The average molecular weight is 406 g/mol. The second-order valence-corrected chi connectivity index (χ2v) is 7.09. The van der Waals surface area contributed by atoms with E-state index in [4.69, 9.17) is 9.47 Å². The first kappa shape index (κ1) is 21.7. The van der Waals surface area contributed by atoms with Gasteiger partial charge in [-0.1, -0.05) is 19.9 Å². The molecule has 0 unspecified atom stereocenters. The zero-order valence-electron chi connectivity index (χ0n) is 16.8. The smallest absolute Gasteiger partial charge is 0.270 e. The Kier molecular flexibility index (Phi) is 8.25. The molecule has 1 N–H and O–H groups in total. The summed E-state index contributed by atoms with van der Waals surface area (Å²) in [6.07, 6.45) is 1.65. The number of carbonyl (C=O) groups excluding carboxylic acids is 2. The zero-order valence-corrected chi connectivity index (χ0v) is 17.6. The van der Waals surface area contributed by atoms with Crippen LogP contribution in [0.4, 0.5) is 0 Å². The molecule has 2 amide bonds. The van der Waals surface area contributed by atoms with Crippen molar-refractivity contribution in [3.63, 3.8) is 0 Å². The highest BCUT2D eigenvalue weighted by Gasteiger charge is 2.24. The normalized spacial score (nSPS) is 10.4. The van der Waals surface area contributed by atoms with Crippen LogP contribution in [0.1, 0.15) is 52.5 Å². The third kappa shape index (κ3) is 5.22. The van der Waals surface area contributed by atoms with Crippen LogP contribution < -0.4 is 14.8 Å². The van der Waals surface area contributed by atoms with Gasteiger partial charge in [0, 0.05) is 18.5 Å². The minimum Gasteiger partial charge on any atom is -0.496 e. The average Bonchev–Trinajstić information content (AvgIpc) is 3.19. The lowest BCUT2D eigenvalue weighted by Gasteiger charge is -2.23. The first-order chi connectivity index (χ1) is 13.5. The van der Waals surface area contributed by atoms with Crippen LogP contribution in [-0.4, -0.2) is 49.0 Å². The summed E-state index contributed by atoms with van der Waals surface area (Å²) in [4.78, 5) is 31.4. The molecule has 0 fully saturated rings. The Bertz CT molecular complexity index is 784. The fourth-order valence-electron chi connectivity index (χ4n) is 2.72. The number of nitrogens with one attached hydrogen (secondary N) is 1. The van der Waals surface area contributed by atoms with Crippen molar-refractivity contribution in [1.82, 2.24) is 15.2 Å². The Morgan fingerprint density at radius 1 is 1.14 bits per heavy atom. The van der Waals surface area contributed by atoms with Crippen LogP contribution in [-0.2, 0) is 6.54 Å². The van der Waals surface area contributed by atoms with Gasteiger partial charge in [-0.3, -0.25) is 9.59 Å². The lowest BCUT2D eigenvalue weighted by Crippen LogP contribution is -2.32. The van der Waals surface area contributed by atoms with Crippen LogP contribution in [0.3, 0.4) is 0 Å². The van der Waals surface area contributed by atoms with Crippen molar-refractivity contribution < 1.29 is 19.1 Å². The van der Waals surface area contributed by atoms with Crippen molar-refractivity contribution in [3.05, 3.63) is 39.8 Å². The Morgan fingerprint density at radius 2 is 1.82 bits per heavy atom. The van der Waals surface area contributed by atoms with Crippen molar-refractivity contribution in [2.24, 2.45) is 0 Å². The summed E-state index contributed by atoms with van der Waals surface area (Å²) in [7, 11) is 3.05. The number of benzene rings is 1. The van der Waals surface area contributed by atoms with E-state index in [1.165, 1.54) is 25.6 Å². The predicted octanol–water partition coefficient (Wildman–Crippen LogP) is 3.35. The van der Waals surface area contributed by atoms with Gasteiger partial charge in [0.25, 0.3) is 11.8 Å². The number of hydrogen-bond donors (Lipinski definition) is 1. The maximum atomic E-state index is 13.2. The van der Waals surface area contributed by atoms with E-state index in [1.54, 1.807) is 28.5 Å². The van der Waals surface area contributed by atoms with Gasteiger partial charge in [-0.25, -0.2) is 4.98 Å². The van der Waals surface area contributed by atoms with E-state index in [1.807, 2.05) is 13.8 Å². The van der Waals surface area contributed by atoms with Crippen LogP contribution >= 0.6 is 11.3 Å². The molecule has 0 aliphatic carbocycles. The number of methoxy groups -OCH3 is 2. The highest BCUT2D eigenvalue weighted by atomic mass is 32.1. The Morgan fingerprint density at radius 3 is 2.39 bits per heavy atom. The van der Waals surface area contributed by atoms with E-state index in [0.29, 0.717) is 47.4 Å². The molecule has 0 aliphatic heterocycles. The van der Waals surface area contributed by atoms with Crippen molar-refractivity contribution >= 4 is 23.2 Å². The highest BCUT2D eigenvalue weighted by Crippen LogP contribution is 2.30. The number of amides is 2. The fraction of sp³-hybridized carbons (Fsp3) is 0.450. The van der Waals surface area contributed by atoms with Gasteiger partial charge in [0.1, 0.15) is 27.8 Å². The van der Waals surface area contributed by atoms with Gasteiger partial charge in [-0.05, 0) is 25.0 Å². The number of nitrogens with zero attached hydrogens (tertiary/aromatic N) is 2. The standard InChI is InChI=1S/C20H27N3O4S/c1-5-10-21-19(24)14-13-28-17(22-14)12-23(11-6-2)20(25)18-15(26-3)8-7-9-16(18)27-4/h7-9,13H,5-6,10-12H2,1-4H3,(H,21,24). The van der Waals surface area contributed by atoms with E-state index in [9.17, 15) is 9.59 Å². The summed E-state index contributed by atoms with van der Waals surface area (Å²) in [6.45, 7) is 5.48. The summed E-state index contributed by atoms with van der Waals surface area (Å²) < 4.78 is 10.7. The lowest BCUT2D eigenvalue weighted by atomic mass is 10.1.